The standard InChI is InChI=1S/C18H22FN3O4/c1-22(2)16-14(17(24)20-9-18(10-23)6-7-18)15(26-21-16)11-4-5-12(19)13(8-11)25-3/h4-5,8,23H,6-7,9-10H2,1-3H3,(H,20,24). The lowest BCUT2D eigenvalue weighted by Crippen LogP contribution is -2.32. The van der Waals surface area contributed by atoms with E-state index in [1.54, 1.807) is 19.0 Å². The molecule has 0 spiro atoms. The molecule has 1 aromatic heterocycles. The highest BCUT2D eigenvalue weighted by atomic mass is 19.1. The van der Waals surface area contributed by atoms with Gasteiger partial charge >= 0.3 is 0 Å². The first-order chi connectivity index (χ1) is 12.4. The lowest BCUT2D eigenvalue weighted by atomic mass is 10.1. The fraction of sp³-hybridized carbons (Fsp3) is 0.444. The van der Waals surface area contributed by atoms with Crippen molar-refractivity contribution in [2.75, 3.05) is 39.3 Å². The monoisotopic (exact) mass is 363 g/mol. The number of aliphatic hydroxyl groups is 1. The van der Waals surface area contributed by atoms with E-state index in [2.05, 4.69) is 10.5 Å². The zero-order valence-electron chi connectivity index (χ0n) is 15.0. The molecule has 0 unspecified atom stereocenters. The first-order valence-corrected chi connectivity index (χ1v) is 8.31. The second kappa shape index (κ2) is 6.95. The lowest BCUT2D eigenvalue weighted by Gasteiger charge is -2.15. The van der Waals surface area contributed by atoms with Crippen LogP contribution in [0.4, 0.5) is 10.2 Å². The molecular weight excluding hydrogens is 341 g/mol. The van der Waals surface area contributed by atoms with Crippen LogP contribution in [0.5, 0.6) is 5.75 Å². The summed E-state index contributed by atoms with van der Waals surface area (Å²) in [5.74, 6) is -0.206. The van der Waals surface area contributed by atoms with Gasteiger partial charge in [0, 0.05) is 31.6 Å². The number of methoxy groups -OCH3 is 1. The van der Waals surface area contributed by atoms with Crippen molar-refractivity contribution in [3.63, 3.8) is 0 Å². The first-order valence-electron chi connectivity index (χ1n) is 8.31. The second-order valence-corrected chi connectivity index (χ2v) is 6.79. The molecule has 0 radical (unpaired) electrons. The van der Waals surface area contributed by atoms with Gasteiger partial charge in [-0.05, 0) is 31.0 Å². The van der Waals surface area contributed by atoms with Crippen LogP contribution in [-0.4, -0.2) is 50.5 Å². The molecule has 1 aliphatic carbocycles. The normalized spacial score (nSPS) is 14.8. The summed E-state index contributed by atoms with van der Waals surface area (Å²) < 4.78 is 24.1. The van der Waals surface area contributed by atoms with Crippen LogP contribution in [0.2, 0.25) is 0 Å². The molecule has 1 aromatic carbocycles. The number of rotatable bonds is 7. The number of amides is 1. The van der Waals surface area contributed by atoms with Crippen molar-refractivity contribution in [3.05, 3.63) is 29.6 Å². The molecule has 0 atom stereocenters. The maximum absolute atomic E-state index is 13.7. The third kappa shape index (κ3) is 3.37. The number of ether oxygens (including phenoxy) is 1. The second-order valence-electron chi connectivity index (χ2n) is 6.79. The summed E-state index contributed by atoms with van der Waals surface area (Å²) in [4.78, 5) is 14.5. The van der Waals surface area contributed by atoms with Crippen LogP contribution in [0.1, 0.15) is 23.2 Å². The molecule has 1 fully saturated rings. The Morgan fingerprint density at radius 2 is 2.19 bits per heavy atom. The van der Waals surface area contributed by atoms with E-state index >= 15 is 0 Å². The van der Waals surface area contributed by atoms with Crippen molar-refractivity contribution < 1.29 is 23.6 Å². The van der Waals surface area contributed by atoms with E-state index in [0.29, 0.717) is 17.9 Å². The minimum absolute atomic E-state index is 0.0411. The van der Waals surface area contributed by atoms with E-state index in [-0.39, 0.29) is 35.0 Å². The van der Waals surface area contributed by atoms with Crippen LogP contribution in [0.15, 0.2) is 22.7 Å². The summed E-state index contributed by atoms with van der Waals surface area (Å²) in [5, 5.41) is 16.2. The van der Waals surface area contributed by atoms with Gasteiger partial charge in [-0.15, -0.1) is 0 Å². The summed E-state index contributed by atoms with van der Waals surface area (Å²) in [6, 6.07) is 4.21. The number of carbonyl (C=O) groups is 1. The quantitative estimate of drug-likeness (QED) is 0.783. The van der Waals surface area contributed by atoms with Crippen LogP contribution < -0.4 is 15.0 Å². The highest BCUT2D eigenvalue weighted by Crippen LogP contribution is 2.44. The number of nitrogens with one attached hydrogen (secondary N) is 1. The summed E-state index contributed by atoms with van der Waals surface area (Å²) >= 11 is 0. The number of anilines is 1. The molecule has 8 heteroatoms. The molecule has 1 saturated carbocycles. The van der Waals surface area contributed by atoms with Crippen LogP contribution in [-0.2, 0) is 0 Å². The molecule has 3 rings (SSSR count). The van der Waals surface area contributed by atoms with Crippen molar-refractivity contribution in [3.8, 4) is 17.1 Å². The van der Waals surface area contributed by atoms with Gasteiger partial charge in [-0.3, -0.25) is 4.79 Å². The molecule has 1 amide bonds. The van der Waals surface area contributed by atoms with E-state index in [1.807, 2.05) is 0 Å². The average molecular weight is 363 g/mol. The first kappa shape index (κ1) is 18.2. The van der Waals surface area contributed by atoms with E-state index in [1.165, 1.54) is 25.3 Å². The Bertz CT molecular complexity index is 815. The molecule has 26 heavy (non-hydrogen) atoms. The lowest BCUT2D eigenvalue weighted by molar-refractivity contribution is 0.0936. The Balaban J connectivity index is 1.95. The average Bonchev–Trinajstić information content (AvgIpc) is 3.28. The van der Waals surface area contributed by atoms with Gasteiger partial charge in [0.25, 0.3) is 5.91 Å². The summed E-state index contributed by atoms with van der Waals surface area (Å²) in [6.07, 6.45) is 1.77. The molecule has 0 saturated heterocycles. The fourth-order valence-electron chi connectivity index (χ4n) is 2.71. The smallest absolute Gasteiger partial charge is 0.259 e. The van der Waals surface area contributed by atoms with Gasteiger partial charge in [-0.25, -0.2) is 4.39 Å². The zero-order valence-corrected chi connectivity index (χ0v) is 15.0. The molecule has 7 nitrogen and oxygen atoms in total. The van der Waals surface area contributed by atoms with E-state index in [4.69, 9.17) is 9.26 Å². The number of benzene rings is 1. The number of nitrogens with zero attached hydrogens (tertiary/aromatic N) is 2. The maximum atomic E-state index is 13.7. The third-order valence-corrected chi connectivity index (χ3v) is 4.65. The number of hydrogen-bond acceptors (Lipinski definition) is 6. The Hall–Kier alpha value is -2.61. The van der Waals surface area contributed by atoms with E-state index in [0.717, 1.165) is 12.8 Å². The molecule has 140 valence electrons. The Morgan fingerprint density at radius 1 is 1.46 bits per heavy atom. The summed E-state index contributed by atoms with van der Waals surface area (Å²) in [6.45, 7) is 0.423. The maximum Gasteiger partial charge on any atom is 0.259 e. The molecule has 1 heterocycles. The van der Waals surface area contributed by atoms with Crippen molar-refractivity contribution in [2.24, 2.45) is 5.41 Å². The predicted octanol–water partition coefficient (Wildman–Crippen LogP) is 2.06. The van der Waals surface area contributed by atoms with Gasteiger partial charge in [0.15, 0.2) is 23.1 Å². The zero-order chi connectivity index (χ0) is 18.9. The van der Waals surface area contributed by atoms with Crippen LogP contribution >= 0.6 is 0 Å². The van der Waals surface area contributed by atoms with E-state index < -0.39 is 5.82 Å². The Labute approximate surface area is 150 Å². The number of halogens is 1. The number of carbonyl (C=O) groups excluding carboxylic acids is 1. The van der Waals surface area contributed by atoms with Crippen molar-refractivity contribution in [1.29, 1.82) is 0 Å². The highest BCUT2D eigenvalue weighted by molar-refractivity contribution is 6.04. The Kier molecular flexibility index (Phi) is 4.86. The predicted molar refractivity (Wildman–Crippen MR) is 93.9 cm³/mol. The fourth-order valence-corrected chi connectivity index (χ4v) is 2.71. The molecule has 2 aromatic rings. The van der Waals surface area contributed by atoms with Gasteiger partial charge in [-0.2, -0.15) is 0 Å². The molecule has 2 N–H and O–H groups in total. The number of hydrogen-bond donors (Lipinski definition) is 2. The number of aromatic nitrogens is 1. The minimum Gasteiger partial charge on any atom is -0.494 e. The van der Waals surface area contributed by atoms with Crippen LogP contribution in [0, 0.1) is 11.2 Å². The number of aliphatic hydroxyl groups excluding tert-OH is 1. The molecule has 0 aliphatic heterocycles. The van der Waals surface area contributed by atoms with Crippen molar-refractivity contribution >= 4 is 11.7 Å². The van der Waals surface area contributed by atoms with Gasteiger partial charge < -0.3 is 24.6 Å². The van der Waals surface area contributed by atoms with Crippen LogP contribution in [0.25, 0.3) is 11.3 Å². The molecular formula is C18H22FN3O4. The molecule has 0 bridgehead atoms. The SMILES string of the molecule is COc1cc(-c2onc(N(C)C)c2C(=O)NCC2(CO)CC2)ccc1F. The van der Waals surface area contributed by atoms with Gasteiger partial charge in [0.1, 0.15) is 5.56 Å². The Morgan fingerprint density at radius 3 is 2.77 bits per heavy atom. The van der Waals surface area contributed by atoms with Gasteiger partial charge in [0.2, 0.25) is 0 Å². The summed E-state index contributed by atoms with van der Waals surface area (Å²) in [5.41, 5.74) is 0.527. The summed E-state index contributed by atoms with van der Waals surface area (Å²) in [7, 11) is 4.87. The third-order valence-electron chi connectivity index (χ3n) is 4.65. The topological polar surface area (TPSA) is 87.8 Å². The van der Waals surface area contributed by atoms with E-state index in [9.17, 15) is 14.3 Å². The van der Waals surface area contributed by atoms with Crippen LogP contribution in [0.3, 0.4) is 0 Å². The van der Waals surface area contributed by atoms with Gasteiger partial charge in [0.05, 0.1) is 13.7 Å². The van der Waals surface area contributed by atoms with Crippen molar-refractivity contribution in [2.45, 2.75) is 12.8 Å². The van der Waals surface area contributed by atoms with Crippen molar-refractivity contribution in [1.82, 2.24) is 10.5 Å². The minimum atomic E-state index is -0.506. The van der Waals surface area contributed by atoms with Gasteiger partial charge in [-0.1, -0.05) is 5.16 Å². The highest BCUT2D eigenvalue weighted by Gasteiger charge is 2.42. The largest absolute Gasteiger partial charge is 0.494 e. The molecule has 1 aliphatic rings.